The number of halogens is 1. The van der Waals surface area contributed by atoms with E-state index in [1.54, 1.807) is 0 Å². The van der Waals surface area contributed by atoms with Gasteiger partial charge in [0.15, 0.2) is 11.5 Å². The van der Waals surface area contributed by atoms with E-state index >= 15 is 0 Å². The van der Waals surface area contributed by atoms with Crippen LogP contribution in [0.3, 0.4) is 0 Å². The Balaban J connectivity index is 2.44. The summed E-state index contributed by atoms with van der Waals surface area (Å²) in [6.07, 6.45) is 0. The monoisotopic (exact) mass is 318 g/mol. The van der Waals surface area contributed by atoms with E-state index in [4.69, 9.17) is 9.47 Å². The Morgan fingerprint density at radius 2 is 1.90 bits per heavy atom. The average Bonchev–Trinajstić information content (AvgIpc) is 2.46. The highest BCUT2D eigenvalue weighted by molar-refractivity contribution is 7.89. The Hall–Kier alpha value is -1.38. The van der Waals surface area contributed by atoms with E-state index in [-0.39, 0.29) is 17.5 Å². The first-order chi connectivity index (χ1) is 9.90. The first-order valence-electron chi connectivity index (χ1n) is 6.55. The van der Waals surface area contributed by atoms with Crippen LogP contribution < -0.4 is 14.8 Å². The van der Waals surface area contributed by atoms with Crippen molar-refractivity contribution in [2.75, 3.05) is 33.9 Å². The zero-order chi connectivity index (χ0) is 15.6. The van der Waals surface area contributed by atoms with Crippen LogP contribution in [0.1, 0.15) is 6.92 Å². The molecule has 0 aromatic heterocycles. The molecule has 1 aromatic carbocycles. The molecule has 1 aliphatic heterocycles. The van der Waals surface area contributed by atoms with E-state index in [0.29, 0.717) is 19.6 Å². The Kier molecular flexibility index (Phi) is 4.70. The maximum absolute atomic E-state index is 14.1. The van der Waals surface area contributed by atoms with Crippen LogP contribution in [0.4, 0.5) is 4.39 Å². The molecule has 21 heavy (non-hydrogen) atoms. The molecule has 1 aliphatic rings. The lowest BCUT2D eigenvalue weighted by atomic mass is 10.3. The summed E-state index contributed by atoms with van der Waals surface area (Å²) in [7, 11) is -1.16. The van der Waals surface area contributed by atoms with Crippen molar-refractivity contribution in [3.63, 3.8) is 0 Å². The van der Waals surface area contributed by atoms with Gasteiger partial charge in [0.25, 0.3) is 0 Å². The topological polar surface area (TPSA) is 67.9 Å². The third-order valence-corrected chi connectivity index (χ3v) is 5.27. The van der Waals surface area contributed by atoms with E-state index < -0.39 is 20.7 Å². The van der Waals surface area contributed by atoms with Crippen LogP contribution in [-0.2, 0) is 10.0 Å². The summed E-state index contributed by atoms with van der Waals surface area (Å²) in [6.45, 7) is 3.03. The number of sulfonamides is 1. The molecule has 6 nitrogen and oxygen atoms in total. The minimum absolute atomic E-state index is 0.0248. The van der Waals surface area contributed by atoms with Crippen molar-refractivity contribution < 1.29 is 22.3 Å². The molecule has 1 saturated heterocycles. The molecule has 0 bridgehead atoms. The fraction of sp³-hybridized carbons (Fsp3) is 0.538. The molecular weight excluding hydrogens is 299 g/mol. The first-order valence-corrected chi connectivity index (χ1v) is 7.99. The highest BCUT2D eigenvalue weighted by Gasteiger charge is 2.31. The fourth-order valence-corrected chi connectivity index (χ4v) is 3.88. The van der Waals surface area contributed by atoms with E-state index in [0.717, 1.165) is 12.1 Å². The van der Waals surface area contributed by atoms with Crippen molar-refractivity contribution >= 4 is 10.0 Å². The second kappa shape index (κ2) is 6.17. The molecule has 0 amide bonds. The number of piperazine rings is 1. The van der Waals surface area contributed by atoms with Crippen molar-refractivity contribution in [2.45, 2.75) is 17.9 Å². The van der Waals surface area contributed by atoms with Crippen LogP contribution in [0.2, 0.25) is 0 Å². The van der Waals surface area contributed by atoms with Crippen LogP contribution in [0.5, 0.6) is 11.5 Å². The molecule has 8 heteroatoms. The Morgan fingerprint density at radius 1 is 1.29 bits per heavy atom. The Bertz CT molecular complexity index is 621. The Labute approximate surface area is 123 Å². The molecular formula is C13H19FN2O4S. The minimum atomic E-state index is -3.90. The predicted molar refractivity (Wildman–Crippen MR) is 75.7 cm³/mol. The lowest BCUT2D eigenvalue weighted by Gasteiger charge is -2.31. The van der Waals surface area contributed by atoms with Gasteiger partial charge >= 0.3 is 0 Å². The maximum atomic E-state index is 14.1. The summed E-state index contributed by atoms with van der Waals surface area (Å²) in [5, 5.41) is 3.15. The number of ether oxygens (including phenoxy) is 2. The van der Waals surface area contributed by atoms with Gasteiger partial charge in [-0.05, 0) is 6.92 Å². The van der Waals surface area contributed by atoms with Crippen molar-refractivity contribution in [1.82, 2.24) is 9.62 Å². The molecule has 0 saturated carbocycles. The molecule has 1 aromatic rings. The van der Waals surface area contributed by atoms with Crippen molar-refractivity contribution in [3.8, 4) is 11.5 Å². The molecule has 1 heterocycles. The average molecular weight is 318 g/mol. The minimum Gasteiger partial charge on any atom is -0.493 e. The number of hydrogen-bond acceptors (Lipinski definition) is 5. The molecule has 118 valence electrons. The van der Waals surface area contributed by atoms with Crippen LogP contribution in [-0.4, -0.2) is 52.6 Å². The van der Waals surface area contributed by atoms with Gasteiger partial charge < -0.3 is 14.8 Å². The zero-order valence-electron chi connectivity index (χ0n) is 12.2. The van der Waals surface area contributed by atoms with Crippen LogP contribution in [0, 0.1) is 5.82 Å². The van der Waals surface area contributed by atoms with Gasteiger partial charge in [-0.3, -0.25) is 0 Å². The van der Waals surface area contributed by atoms with E-state index in [2.05, 4.69) is 5.32 Å². The second-order valence-corrected chi connectivity index (χ2v) is 6.76. The summed E-state index contributed by atoms with van der Waals surface area (Å²) >= 11 is 0. The van der Waals surface area contributed by atoms with Crippen molar-refractivity contribution in [1.29, 1.82) is 0 Å². The van der Waals surface area contributed by atoms with Gasteiger partial charge in [-0.15, -0.1) is 0 Å². The third-order valence-electron chi connectivity index (χ3n) is 3.39. The quantitative estimate of drug-likeness (QED) is 0.890. The van der Waals surface area contributed by atoms with E-state index in [1.165, 1.54) is 18.5 Å². The van der Waals surface area contributed by atoms with E-state index in [9.17, 15) is 12.8 Å². The van der Waals surface area contributed by atoms with Crippen LogP contribution >= 0.6 is 0 Å². The Morgan fingerprint density at radius 3 is 2.48 bits per heavy atom. The molecule has 0 unspecified atom stereocenters. The van der Waals surface area contributed by atoms with E-state index in [1.807, 2.05) is 6.92 Å². The lowest BCUT2D eigenvalue weighted by molar-refractivity contribution is 0.308. The number of nitrogens with zero attached hydrogens (tertiary/aromatic N) is 1. The van der Waals surface area contributed by atoms with Gasteiger partial charge in [0, 0.05) is 37.8 Å². The highest BCUT2D eigenvalue weighted by Crippen LogP contribution is 2.33. The van der Waals surface area contributed by atoms with Gasteiger partial charge in [-0.25, -0.2) is 12.8 Å². The number of benzene rings is 1. The molecule has 2 rings (SSSR count). The van der Waals surface area contributed by atoms with Crippen LogP contribution in [0.25, 0.3) is 0 Å². The highest BCUT2D eigenvalue weighted by atomic mass is 32.2. The lowest BCUT2D eigenvalue weighted by Crippen LogP contribution is -2.51. The fourth-order valence-electron chi connectivity index (χ4n) is 2.29. The zero-order valence-corrected chi connectivity index (χ0v) is 13.0. The number of nitrogens with one attached hydrogen (secondary N) is 1. The largest absolute Gasteiger partial charge is 0.493 e. The standard InChI is InChI=1S/C13H19FN2O4S/c1-9-8-16(5-4-15-9)21(17,18)13-7-12(20-3)11(19-2)6-10(13)14/h6-7,9,15H,4-5,8H2,1-3H3/t9-/m1/s1. The maximum Gasteiger partial charge on any atom is 0.246 e. The number of hydrogen-bond donors (Lipinski definition) is 1. The summed E-state index contributed by atoms with van der Waals surface area (Å²) in [6, 6.07) is 2.21. The van der Waals surface area contributed by atoms with Gasteiger partial charge in [-0.1, -0.05) is 0 Å². The predicted octanol–water partition coefficient (Wildman–Crippen LogP) is 0.825. The SMILES string of the molecule is COc1cc(F)c(S(=O)(=O)N2CCN[C@H](C)C2)cc1OC. The smallest absolute Gasteiger partial charge is 0.246 e. The number of rotatable bonds is 4. The van der Waals surface area contributed by atoms with Gasteiger partial charge in [0.1, 0.15) is 10.7 Å². The molecule has 1 atom stereocenters. The van der Waals surface area contributed by atoms with Gasteiger partial charge in [-0.2, -0.15) is 4.31 Å². The van der Waals surface area contributed by atoms with Gasteiger partial charge in [0.2, 0.25) is 10.0 Å². The summed E-state index contributed by atoms with van der Waals surface area (Å²) < 4.78 is 50.6. The molecule has 0 spiro atoms. The summed E-state index contributed by atoms with van der Waals surface area (Å²) in [5.41, 5.74) is 0. The van der Waals surface area contributed by atoms with Crippen LogP contribution in [0.15, 0.2) is 17.0 Å². The normalized spacial score (nSPS) is 20.3. The van der Waals surface area contributed by atoms with Crippen molar-refractivity contribution in [2.24, 2.45) is 0 Å². The summed E-state index contributed by atoms with van der Waals surface area (Å²) in [4.78, 5) is -0.394. The van der Waals surface area contributed by atoms with Gasteiger partial charge in [0.05, 0.1) is 14.2 Å². The summed E-state index contributed by atoms with van der Waals surface area (Å²) in [5.74, 6) is -0.512. The number of methoxy groups -OCH3 is 2. The third kappa shape index (κ3) is 3.12. The molecule has 1 N–H and O–H groups in total. The van der Waals surface area contributed by atoms with Crippen molar-refractivity contribution in [3.05, 3.63) is 17.9 Å². The first kappa shape index (κ1) is 16.0. The molecule has 0 aliphatic carbocycles. The molecule has 1 fully saturated rings. The second-order valence-electron chi connectivity index (χ2n) is 4.86. The molecule has 0 radical (unpaired) electrons.